The number of aromatic amines is 1. The number of benzene rings is 2. The van der Waals surface area contributed by atoms with Crippen LogP contribution in [0, 0.1) is 13.8 Å². The minimum atomic E-state index is -1.80. The van der Waals surface area contributed by atoms with Crippen molar-refractivity contribution in [2.24, 2.45) is 0 Å². The number of phenols is 1. The first-order valence-corrected chi connectivity index (χ1v) is 21.5. The zero-order valence-corrected chi connectivity index (χ0v) is 34.2. The van der Waals surface area contributed by atoms with E-state index in [2.05, 4.69) is 43.3 Å². The molecule has 1 atom stereocenters. The lowest BCUT2D eigenvalue weighted by molar-refractivity contribution is -0.169. The van der Waals surface area contributed by atoms with Crippen LogP contribution in [-0.2, 0) is 41.1 Å². The number of aryl methyl sites for hydroxylation is 4. The van der Waals surface area contributed by atoms with Gasteiger partial charge in [0.05, 0.1) is 26.9 Å². The molecule has 2 aromatic carbocycles. The molecule has 6 aromatic rings. The molecule has 0 radical (unpaired) electrons. The van der Waals surface area contributed by atoms with Crippen LogP contribution in [0.4, 0.5) is 0 Å². The highest BCUT2D eigenvalue weighted by atomic mass is 32.1. The third kappa shape index (κ3) is 7.91. The van der Waals surface area contributed by atoms with Gasteiger partial charge >= 0.3 is 5.97 Å². The minimum Gasteiger partial charge on any atom is -0.506 e. The first-order chi connectivity index (χ1) is 27.5. The summed E-state index contributed by atoms with van der Waals surface area (Å²) < 4.78 is 8.12. The summed E-state index contributed by atoms with van der Waals surface area (Å²) in [6, 6.07) is 16.2. The second-order valence-electron chi connectivity index (χ2n) is 15.7. The van der Waals surface area contributed by atoms with Crippen LogP contribution >= 0.6 is 22.7 Å². The van der Waals surface area contributed by atoms with E-state index in [1.54, 1.807) is 12.1 Å². The van der Waals surface area contributed by atoms with Crippen molar-refractivity contribution in [2.75, 3.05) is 20.1 Å². The fourth-order valence-electron chi connectivity index (χ4n) is 8.74. The van der Waals surface area contributed by atoms with Crippen molar-refractivity contribution in [1.82, 2.24) is 30.2 Å². The fraction of sp³-hybridized carbons (Fsp3) is 0.442. The molecule has 2 aliphatic rings. The molecule has 1 saturated carbocycles. The summed E-state index contributed by atoms with van der Waals surface area (Å²) in [6.45, 7) is 6.49. The van der Waals surface area contributed by atoms with Crippen LogP contribution in [0.15, 0.2) is 59.4 Å². The van der Waals surface area contributed by atoms with Crippen LogP contribution in [0.3, 0.4) is 0 Å². The molecule has 4 aromatic heterocycles. The van der Waals surface area contributed by atoms with Crippen molar-refractivity contribution in [2.45, 2.75) is 102 Å². The van der Waals surface area contributed by atoms with E-state index in [0.717, 1.165) is 85.2 Å². The number of phenolic OH excluding ortho intramolecular Hbond substituents is 1. The number of nitrogens with one attached hydrogen (secondary N) is 2. The summed E-state index contributed by atoms with van der Waals surface area (Å²) in [5.41, 5.74) is 4.68. The second kappa shape index (κ2) is 16.4. The van der Waals surface area contributed by atoms with Gasteiger partial charge < -0.3 is 35.3 Å². The zero-order chi connectivity index (χ0) is 39.8. The van der Waals surface area contributed by atoms with Crippen molar-refractivity contribution in [1.29, 1.82) is 0 Å². The number of rotatable bonds is 14. The van der Waals surface area contributed by atoms with Gasteiger partial charge in [-0.1, -0.05) is 11.3 Å². The van der Waals surface area contributed by atoms with Gasteiger partial charge in [0.2, 0.25) is 11.2 Å². The molecule has 14 heteroatoms. The number of aromatic nitrogens is 4. The largest absolute Gasteiger partial charge is 0.506 e. The maximum Gasteiger partial charge on any atom is 0.349 e. The summed E-state index contributed by atoms with van der Waals surface area (Å²) in [5.74, 6) is -0.618. The standard InChI is InChI=1S/C43H50N6O6S2/c1-25-8-17-37(56-25)43(54,38-18-9-26(2)57-38)42(53)55-29-12-10-28(11-13-29)48(3)20-5-21-49-41-33-7-4-6-30(33)27(22-34(41)46-47-49)23-44-24-36(51)31-14-16-35(50)40-32(31)15-19-39(52)45-40/h8-9,14-19,22,28-29,36,44,50-51,54H,4-7,10-13,20-21,23-24H2,1-3H3,(H,45,52)/t28-,29-,36-/m0/s1. The first kappa shape index (κ1) is 39.4. The Hall–Kier alpha value is -4.44. The lowest BCUT2D eigenvalue weighted by Crippen LogP contribution is -2.42. The molecule has 57 heavy (non-hydrogen) atoms. The molecular weight excluding hydrogens is 761 g/mol. The van der Waals surface area contributed by atoms with Crippen LogP contribution in [0.25, 0.3) is 21.9 Å². The van der Waals surface area contributed by atoms with Gasteiger partial charge in [0.25, 0.3) is 0 Å². The van der Waals surface area contributed by atoms with Crippen LogP contribution in [0.1, 0.15) is 86.4 Å². The van der Waals surface area contributed by atoms with Crippen molar-refractivity contribution in [3.8, 4) is 5.75 Å². The van der Waals surface area contributed by atoms with Gasteiger partial charge in [-0.3, -0.25) is 4.79 Å². The Bertz CT molecular complexity index is 2420. The second-order valence-corrected chi connectivity index (χ2v) is 18.2. The number of ether oxygens (including phenoxy) is 1. The molecule has 0 bridgehead atoms. The van der Waals surface area contributed by atoms with Gasteiger partial charge in [0, 0.05) is 46.9 Å². The Morgan fingerprint density at radius 3 is 2.46 bits per heavy atom. The molecule has 12 nitrogen and oxygen atoms in total. The number of fused-ring (bicyclic) bond motifs is 4. The van der Waals surface area contributed by atoms with E-state index in [9.17, 15) is 24.9 Å². The number of thiophene rings is 2. The van der Waals surface area contributed by atoms with Crippen LogP contribution in [0.5, 0.6) is 5.75 Å². The Morgan fingerprint density at radius 2 is 1.75 bits per heavy atom. The normalized spacial score (nSPS) is 17.8. The predicted molar refractivity (Wildman–Crippen MR) is 223 cm³/mol. The summed E-state index contributed by atoms with van der Waals surface area (Å²) in [5, 5.41) is 46.4. The van der Waals surface area contributed by atoms with Gasteiger partial charge in [-0.2, -0.15) is 0 Å². The lowest BCUT2D eigenvalue weighted by atomic mass is 9.91. The summed E-state index contributed by atoms with van der Waals surface area (Å²) in [4.78, 5) is 33.8. The topological polar surface area (TPSA) is 166 Å². The van der Waals surface area contributed by atoms with E-state index in [1.807, 2.05) is 38.1 Å². The summed E-state index contributed by atoms with van der Waals surface area (Å²) >= 11 is 2.85. The summed E-state index contributed by atoms with van der Waals surface area (Å²) in [6.07, 6.45) is 6.28. The Kier molecular flexibility index (Phi) is 11.4. The molecule has 0 unspecified atom stereocenters. The molecule has 8 rings (SSSR count). The van der Waals surface area contributed by atoms with E-state index in [0.29, 0.717) is 45.4 Å². The number of H-pyrrole nitrogens is 1. The van der Waals surface area contributed by atoms with E-state index < -0.39 is 17.7 Å². The number of nitrogens with zero attached hydrogens (tertiary/aromatic N) is 4. The molecule has 1 fully saturated rings. The third-order valence-corrected chi connectivity index (χ3v) is 14.0. The van der Waals surface area contributed by atoms with Crippen LogP contribution < -0.4 is 10.9 Å². The smallest absolute Gasteiger partial charge is 0.349 e. The van der Waals surface area contributed by atoms with E-state index in [4.69, 9.17) is 4.74 Å². The van der Waals surface area contributed by atoms with E-state index in [1.165, 1.54) is 51.5 Å². The maximum absolute atomic E-state index is 13.7. The average molecular weight is 811 g/mol. The lowest BCUT2D eigenvalue weighted by Gasteiger charge is -2.35. The van der Waals surface area contributed by atoms with E-state index in [-0.39, 0.29) is 17.4 Å². The third-order valence-electron chi connectivity index (χ3n) is 11.8. The Labute approximate surface area is 339 Å². The molecule has 300 valence electrons. The number of aliphatic hydroxyl groups is 2. The highest BCUT2D eigenvalue weighted by Gasteiger charge is 2.45. The quantitative estimate of drug-likeness (QED) is 0.0807. The maximum atomic E-state index is 13.7. The Balaban J connectivity index is 0.844. The predicted octanol–water partition coefficient (Wildman–Crippen LogP) is 6.14. The zero-order valence-electron chi connectivity index (χ0n) is 32.6. The van der Waals surface area contributed by atoms with Crippen molar-refractivity contribution < 1.29 is 24.9 Å². The first-order valence-electron chi connectivity index (χ1n) is 19.9. The number of aliphatic hydroxyl groups excluding tert-OH is 1. The summed E-state index contributed by atoms with van der Waals surface area (Å²) in [7, 11) is 2.17. The number of hydrogen-bond acceptors (Lipinski definition) is 12. The van der Waals surface area contributed by atoms with Gasteiger partial charge in [-0.25, -0.2) is 9.48 Å². The molecule has 5 N–H and O–H groups in total. The Morgan fingerprint density at radius 1 is 1.04 bits per heavy atom. The highest BCUT2D eigenvalue weighted by Crippen LogP contribution is 2.40. The SMILES string of the molecule is Cc1ccc(C(O)(C(=O)O[C@H]2CC[C@H](N(C)CCCn3nnc4cc(CNC[C@H](O)c5ccc(O)c6[nH]c(=O)ccc56)c5c(c43)CCC5)CC2)c2ccc(C)s2)s1. The van der Waals surface area contributed by atoms with Crippen LogP contribution in [-0.4, -0.2) is 78.4 Å². The van der Waals surface area contributed by atoms with Gasteiger partial charge in [-0.15, -0.1) is 27.8 Å². The molecule has 0 saturated heterocycles. The van der Waals surface area contributed by atoms with Gasteiger partial charge in [0.15, 0.2) is 0 Å². The van der Waals surface area contributed by atoms with Crippen LogP contribution in [0.2, 0.25) is 0 Å². The fourth-order valence-corrected chi connectivity index (χ4v) is 10.7. The molecule has 0 spiro atoms. The van der Waals surface area contributed by atoms with E-state index >= 15 is 0 Å². The number of aromatic hydroxyl groups is 1. The number of carbonyl (C=O) groups is 1. The molecular formula is C43H50N6O6S2. The molecule has 0 amide bonds. The van der Waals surface area contributed by atoms with Gasteiger partial charge in [0.1, 0.15) is 17.4 Å². The number of pyridine rings is 1. The number of hydrogen-bond donors (Lipinski definition) is 5. The van der Waals surface area contributed by atoms with Crippen molar-refractivity contribution >= 4 is 50.6 Å². The molecule has 2 aliphatic carbocycles. The number of esters is 1. The average Bonchev–Trinajstić information content (AvgIpc) is 4.03. The van der Waals surface area contributed by atoms with Crippen molar-refractivity contribution in [3.05, 3.63) is 107 Å². The van der Waals surface area contributed by atoms with Crippen molar-refractivity contribution in [3.63, 3.8) is 0 Å². The highest BCUT2D eigenvalue weighted by molar-refractivity contribution is 7.14. The van der Waals surface area contributed by atoms with Gasteiger partial charge in [-0.05, 0) is 144 Å². The minimum absolute atomic E-state index is 0.0316. The molecule has 0 aliphatic heterocycles. The monoisotopic (exact) mass is 810 g/mol. The molecule has 4 heterocycles. The number of carbonyl (C=O) groups excluding carboxylic acids is 1.